The van der Waals surface area contributed by atoms with E-state index in [-0.39, 0.29) is 5.76 Å². The zero-order chi connectivity index (χ0) is 16.8. The Bertz CT molecular complexity index is 382. The predicted molar refractivity (Wildman–Crippen MR) is 95.2 cm³/mol. The van der Waals surface area contributed by atoms with Gasteiger partial charge in [0.1, 0.15) is 0 Å². The number of carbonyl (C=O) groups is 1. The van der Waals surface area contributed by atoms with Gasteiger partial charge in [0.25, 0.3) is 5.76 Å². The van der Waals surface area contributed by atoms with Crippen LogP contribution < -0.4 is 0 Å². The van der Waals surface area contributed by atoms with Gasteiger partial charge in [-0.2, -0.15) is 0 Å². The van der Waals surface area contributed by atoms with Crippen molar-refractivity contribution < 1.29 is 14.6 Å². The molecule has 132 valence electrons. The molecule has 0 aromatic heterocycles. The fourth-order valence-electron chi connectivity index (χ4n) is 2.81. The monoisotopic (exact) mass is 322 g/mol. The van der Waals surface area contributed by atoms with Gasteiger partial charge in [0.05, 0.1) is 0 Å². The Balaban J connectivity index is 1.75. The molecule has 0 bridgehead atoms. The minimum atomic E-state index is -0.967. The second kappa shape index (κ2) is 13.2. The van der Waals surface area contributed by atoms with Crippen LogP contribution in [0, 0.1) is 0 Å². The molecule has 1 rings (SSSR count). The molecule has 3 nitrogen and oxygen atoms in total. The Morgan fingerprint density at radius 2 is 1.35 bits per heavy atom. The minimum Gasteiger partial charge on any atom is -0.475 e. The summed E-state index contributed by atoms with van der Waals surface area (Å²) >= 11 is 0. The van der Waals surface area contributed by atoms with Crippen LogP contribution in [0.3, 0.4) is 0 Å². The number of aliphatic carboxylic acids is 1. The lowest BCUT2D eigenvalue weighted by Crippen LogP contribution is -1.88. The van der Waals surface area contributed by atoms with E-state index < -0.39 is 5.97 Å². The molecule has 0 atom stereocenters. The number of hydrogen-bond acceptors (Lipinski definition) is 2. The summed E-state index contributed by atoms with van der Waals surface area (Å²) in [5.74, 6) is -0.343. The first-order valence-corrected chi connectivity index (χ1v) is 9.57. The first-order chi connectivity index (χ1) is 11.3. The molecule has 0 amide bonds. The van der Waals surface area contributed by atoms with Crippen molar-refractivity contribution in [1.29, 1.82) is 0 Å². The van der Waals surface area contributed by atoms with Crippen molar-refractivity contribution in [2.24, 2.45) is 0 Å². The minimum absolute atomic E-state index is 0.103. The Morgan fingerprint density at radius 3 is 1.78 bits per heavy atom. The molecule has 0 radical (unpaired) electrons. The van der Waals surface area contributed by atoms with Gasteiger partial charge < -0.3 is 9.84 Å². The molecule has 0 spiro atoms. The maximum atomic E-state index is 10.5. The Kier molecular flexibility index (Phi) is 11.4. The first-order valence-electron chi connectivity index (χ1n) is 9.57. The third-order valence-electron chi connectivity index (χ3n) is 4.33. The molecule has 23 heavy (non-hydrogen) atoms. The molecule has 0 unspecified atom stereocenters. The van der Waals surface area contributed by atoms with Crippen molar-refractivity contribution in [1.82, 2.24) is 0 Å². The standard InChI is InChI=1S/C20H34O3/c1-2-3-4-5-6-7-8-9-10-11-12-13-14-15-16-17-18-19(23-18)20(21)22/h16-17H,2-15H2,1H3,(H,21,22). The van der Waals surface area contributed by atoms with E-state index in [0.29, 0.717) is 5.76 Å². The van der Waals surface area contributed by atoms with Gasteiger partial charge in [-0.25, -0.2) is 4.79 Å². The number of allylic oxidation sites excluding steroid dienone is 2. The molecular weight excluding hydrogens is 288 g/mol. The summed E-state index contributed by atoms with van der Waals surface area (Å²) in [6.07, 6.45) is 22.6. The number of carboxylic acids is 1. The van der Waals surface area contributed by atoms with Gasteiger partial charge in [-0.05, 0) is 18.9 Å². The third kappa shape index (κ3) is 11.0. The van der Waals surface area contributed by atoms with Crippen LogP contribution in [0.5, 0.6) is 0 Å². The van der Waals surface area contributed by atoms with E-state index in [9.17, 15) is 4.79 Å². The van der Waals surface area contributed by atoms with Gasteiger partial charge in [-0.3, -0.25) is 0 Å². The van der Waals surface area contributed by atoms with E-state index in [1.165, 1.54) is 83.5 Å². The molecule has 3 heteroatoms. The smallest absolute Gasteiger partial charge is 0.375 e. The number of hydrogen-bond donors (Lipinski definition) is 1. The summed E-state index contributed by atoms with van der Waals surface area (Å²) in [7, 11) is 0. The van der Waals surface area contributed by atoms with Crippen LogP contribution >= 0.6 is 0 Å². The maximum Gasteiger partial charge on any atom is 0.375 e. The maximum absolute atomic E-state index is 10.5. The van der Waals surface area contributed by atoms with Crippen LogP contribution in [-0.4, -0.2) is 11.1 Å². The summed E-state index contributed by atoms with van der Waals surface area (Å²) in [5.41, 5.74) is 0. The molecule has 1 aliphatic rings. The van der Waals surface area contributed by atoms with E-state index in [2.05, 4.69) is 6.92 Å². The Labute approximate surface area is 141 Å². The molecule has 0 aromatic rings. The highest BCUT2D eigenvalue weighted by atomic mass is 16.6. The largest absolute Gasteiger partial charge is 0.475 e. The molecule has 0 aliphatic carbocycles. The zero-order valence-electron chi connectivity index (χ0n) is 14.8. The molecule has 1 N–H and O–H groups in total. The average molecular weight is 322 g/mol. The number of carboxylic acid groups (broad SMARTS) is 1. The number of ether oxygens (including phenoxy) is 1. The van der Waals surface area contributed by atoms with E-state index in [0.717, 1.165) is 6.42 Å². The van der Waals surface area contributed by atoms with Crippen LogP contribution in [0.15, 0.2) is 23.7 Å². The second-order valence-electron chi connectivity index (χ2n) is 6.53. The van der Waals surface area contributed by atoms with Crippen LogP contribution in [0.4, 0.5) is 0 Å². The molecule has 1 aliphatic heterocycles. The van der Waals surface area contributed by atoms with E-state index in [1.54, 1.807) is 6.08 Å². The van der Waals surface area contributed by atoms with Gasteiger partial charge in [-0.15, -0.1) is 0 Å². The predicted octanol–water partition coefficient (Wildman–Crippen LogP) is 6.35. The van der Waals surface area contributed by atoms with E-state index >= 15 is 0 Å². The third-order valence-corrected chi connectivity index (χ3v) is 4.33. The lowest BCUT2D eigenvalue weighted by molar-refractivity contribution is -0.133. The topological polar surface area (TPSA) is 49.8 Å². The van der Waals surface area contributed by atoms with Crippen molar-refractivity contribution in [2.45, 2.75) is 96.8 Å². The normalized spacial score (nSPS) is 13.6. The Hall–Kier alpha value is -1.25. The van der Waals surface area contributed by atoms with Gasteiger partial charge in [0.15, 0.2) is 5.76 Å². The first kappa shape index (κ1) is 19.8. The molecule has 0 fully saturated rings. The highest BCUT2D eigenvalue weighted by molar-refractivity contribution is 5.89. The van der Waals surface area contributed by atoms with Crippen LogP contribution in [0.1, 0.15) is 96.8 Å². The quantitative estimate of drug-likeness (QED) is 0.337. The highest BCUT2D eigenvalue weighted by Crippen LogP contribution is 2.27. The van der Waals surface area contributed by atoms with Crippen molar-refractivity contribution in [2.75, 3.05) is 0 Å². The number of rotatable bonds is 16. The van der Waals surface area contributed by atoms with Crippen molar-refractivity contribution in [3.63, 3.8) is 0 Å². The fourth-order valence-corrected chi connectivity index (χ4v) is 2.81. The van der Waals surface area contributed by atoms with E-state index in [1.807, 2.05) is 6.08 Å². The molecule has 1 heterocycles. The average Bonchev–Trinajstić information content (AvgIpc) is 3.31. The van der Waals surface area contributed by atoms with Crippen molar-refractivity contribution >= 4 is 5.97 Å². The van der Waals surface area contributed by atoms with Gasteiger partial charge in [0.2, 0.25) is 0 Å². The molecule has 0 aromatic carbocycles. The molecule has 0 saturated carbocycles. The van der Waals surface area contributed by atoms with Crippen LogP contribution in [0.2, 0.25) is 0 Å². The molecule has 0 saturated heterocycles. The molecular formula is C20H34O3. The van der Waals surface area contributed by atoms with Crippen LogP contribution in [-0.2, 0) is 9.53 Å². The van der Waals surface area contributed by atoms with Gasteiger partial charge >= 0.3 is 5.97 Å². The summed E-state index contributed by atoms with van der Waals surface area (Å²) in [6, 6.07) is 0. The van der Waals surface area contributed by atoms with Gasteiger partial charge in [0, 0.05) is 0 Å². The zero-order valence-corrected chi connectivity index (χ0v) is 14.8. The number of unbranched alkanes of at least 4 members (excludes halogenated alkanes) is 13. The summed E-state index contributed by atoms with van der Waals surface area (Å²) in [4.78, 5) is 10.5. The lowest BCUT2D eigenvalue weighted by atomic mass is 10.0. The lowest BCUT2D eigenvalue weighted by Gasteiger charge is -2.02. The summed E-state index contributed by atoms with van der Waals surface area (Å²) < 4.78 is 4.84. The highest BCUT2D eigenvalue weighted by Gasteiger charge is 2.29. The summed E-state index contributed by atoms with van der Waals surface area (Å²) in [6.45, 7) is 2.27. The summed E-state index contributed by atoms with van der Waals surface area (Å²) in [5, 5.41) is 8.63. The van der Waals surface area contributed by atoms with Crippen molar-refractivity contribution in [3.8, 4) is 0 Å². The fraction of sp³-hybridized carbons (Fsp3) is 0.750. The SMILES string of the molecule is CCCCCCCCCCCCCCCC=CC1=C(C(=O)O)O1. The Morgan fingerprint density at radius 1 is 0.870 bits per heavy atom. The van der Waals surface area contributed by atoms with Crippen LogP contribution in [0.25, 0.3) is 0 Å². The van der Waals surface area contributed by atoms with Gasteiger partial charge in [-0.1, -0.05) is 90.0 Å². The second-order valence-corrected chi connectivity index (χ2v) is 6.53. The van der Waals surface area contributed by atoms with E-state index in [4.69, 9.17) is 9.84 Å². The van der Waals surface area contributed by atoms with Crippen molar-refractivity contribution in [3.05, 3.63) is 23.7 Å².